The third-order valence-electron chi connectivity index (χ3n) is 2.52. The molecule has 2 N–H and O–H groups in total. The molecule has 1 fully saturated rings. The van der Waals surface area contributed by atoms with Gasteiger partial charge in [-0.3, -0.25) is 4.99 Å². The normalized spacial score (nSPS) is 16.6. The highest BCUT2D eigenvalue weighted by molar-refractivity contribution is 5.80. The zero-order valence-corrected chi connectivity index (χ0v) is 10.8. The second-order valence-electron chi connectivity index (χ2n) is 4.71. The van der Waals surface area contributed by atoms with Crippen molar-refractivity contribution in [2.24, 2.45) is 10.9 Å². The fourth-order valence-electron chi connectivity index (χ4n) is 1.28. The first kappa shape index (κ1) is 13.3. The molecule has 1 saturated carbocycles. The van der Waals surface area contributed by atoms with E-state index in [0.717, 1.165) is 38.1 Å². The summed E-state index contributed by atoms with van der Waals surface area (Å²) in [7, 11) is 1.80. The Morgan fingerprint density at radius 2 is 2.12 bits per heavy atom. The molecule has 4 heteroatoms. The molecule has 94 valence electrons. The van der Waals surface area contributed by atoms with E-state index in [2.05, 4.69) is 29.5 Å². The maximum Gasteiger partial charge on any atom is 0.191 e. The van der Waals surface area contributed by atoms with Gasteiger partial charge in [-0.1, -0.05) is 13.8 Å². The SMILES string of the molecule is CN=C(NCCOCCC(C)C)NC1CC1. The third-order valence-corrected chi connectivity index (χ3v) is 2.52. The van der Waals surface area contributed by atoms with Crippen molar-refractivity contribution in [3.63, 3.8) is 0 Å². The Bertz CT molecular complexity index is 212. The molecule has 0 aromatic rings. The van der Waals surface area contributed by atoms with Crippen LogP contribution < -0.4 is 10.6 Å². The minimum atomic E-state index is 0.646. The van der Waals surface area contributed by atoms with E-state index in [1.54, 1.807) is 7.05 Å². The lowest BCUT2D eigenvalue weighted by atomic mass is 10.1. The van der Waals surface area contributed by atoms with Crippen molar-refractivity contribution < 1.29 is 4.74 Å². The van der Waals surface area contributed by atoms with Crippen molar-refractivity contribution in [3.8, 4) is 0 Å². The van der Waals surface area contributed by atoms with Crippen LogP contribution in [0.25, 0.3) is 0 Å². The molecule has 4 nitrogen and oxygen atoms in total. The van der Waals surface area contributed by atoms with Gasteiger partial charge in [-0.25, -0.2) is 0 Å². The average molecular weight is 227 g/mol. The van der Waals surface area contributed by atoms with Gasteiger partial charge in [0.05, 0.1) is 6.61 Å². The summed E-state index contributed by atoms with van der Waals surface area (Å²) in [6.07, 6.45) is 3.67. The summed E-state index contributed by atoms with van der Waals surface area (Å²) in [6.45, 7) is 6.85. The van der Waals surface area contributed by atoms with Crippen LogP contribution in [0.2, 0.25) is 0 Å². The molecule has 1 rings (SSSR count). The number of ether oxygens (including phenoxy) is 1. The number of hydrogen-bond acceptors (Lipinski definition) is 2. The van der Waals surface area contributed by atoms with Crippen molar-refractivity contribution in [2.45, 2.75) is 39.2 Å². The Morgan fingerprint density at radius 3 is 2.69 bits per heavy atom. The largest absolute Gasteiger partial charge is 0.380 e. The van der Waals surface area contributed by atoms with Crippen molar-refractivity contribution in [1.82, 2.24) is 10.6 Å². The molecule has 1 aliphatic carbocycles. The van der Waals surface area contributed by atoms with Crippen LogP contribution in [0.5, 0.6) is 0 Å². The topological polar surface area (TPSA) is 45.7 Å². The molecule has 0 aromatic carbocycles. The molecule has 0 unspecified atom stereocenters. The van der Waals surface area contributed by atoms with E-state index in [1.165, 1.54) is 12.8 Å². The molecule has 0 spiro atoms. The zero-order valence-electron chi connectivity index (χ0n) is 10.8. The Kier molecular flexibility index (Phi) is 6.23. The fraction of sp³-hybridized carbons (Fsp3) is 0.917. The molecule has 16 heavy (non-hydrogen) atoms. The predicted octanol–water partition coefficient (Wildman–Crippen LogP) is 1.38. The van der Waals surface area contributed by atoms with E-state index < -0.39 is 0 Å². The summed E-state index contributed by atoms with van der Waals surface area (Å²) in [4.78, 5) is 4.15. The summed E-state index contributed by atoms with van der Waals surface area (Å²) in [5, 5.41) is 6.58. The van der Waals surface area contributed by atoms with E-state index in [9.17, 15) is 0 Å². The molecule has 0 amide bonds. The van der Waals surface area contributed by atoms with E-state index >= 15 is 0 Å². The van der Waals surface area contributed by atoms with Crippen molar-refractivity contribution in [3.05, 3.63) is 0 Å². The number of aliphatic imine (C=N–C) groups is 1. The van der Waals surface area contributed by atoms with Crippen LogP contribution in [0.15, 0.2) is 4.99 Å². The first-order chi connectivity index (χ1) is 7.72. The van der Waals surface area contributed by atoms with Crippen LogP contribution in [0.3, 0.4) is 0 Å². The molecular formula is C12H25N3O. The van der Waals surface area contributed by atoms with E-state index in [0.29, 0.717) is 6.04 Å². The second-order valence-corrected chi connectivity index (χ2v) is 4.71. The smallest absolute Gasteiger partial charge is 0.191 e. The highest BCUT2D eigenvalue weighted by atomic mass is 16.5. The predicted molar refractivity (Wildman–Crippen MR) is 67.8 cm³/mol. The van der Waals surface area contributed by atoms with Crippen LogP contribution in [-0.2, 0) is 4.74 Å². The fourth-order valence-corrected chi connectivity index (χ4v) is 1.28. The van der Waals surface area contributed by atoms with Gasteiger partial charge in [0.2, 0.25) is 0 Å². The van der Waals surface area contributed by atoms with Gasteiger partial charge in [-0.05, 0) is 25.2 Å². The summed E-state index contributed by atoms with van der Waals surface area (Å²) in [5.41, 5.74) is 0. The Hall–Kier alpha value is -0.770. The number of nitrogens with zero attached hydrogens (tertiary/aromatic N) is 1. The summed E-state index contributed by atoms with van der Waals surface area (Å²) >= 11 is 0. The van der Waals surface area contributed by atoms with E-state index in [1.807, 2.05) is 0 Å². The van der Waals surface area contributed by atoms with Crippen molar-refractivity contribution in [2.75, 3.05) is 26.8 Å². The quantitative estimate of drug-likeness (QED) is 0.392. The van der Waals surface area contributed by atoms with Crippen molar-refractivity contribution >= 4 is 5.96 Å². The Morgan fingerprint density at radius 1 is 1.38 bits per heavy atom. The number of hydrogen-bond donors (Lipinski definition) is 2. The second kappa shape index (κ2) is 7.49. The first-order valence-corrected chi connectivity index (χ1v) is 6.27. The highest BCUT2D eigenvalue weighted by Gasteiger charge is 2.21. The number of guanidine groups is 1. The molecule has 0 atom stereocenters. The van der Waals surface area contributed by atoms with Gasteiger partial charge in [0.1, 0.15) is 0 Å². The Balaban J connectivity index is 1.92. The van der Waals surface area contributed by atoms with Gasteiger partial charge < -0.3 is 15.4 Å². The maximum absolute atomic E-state index is 5.51. The van der Waals surface area contributed by atoms with Crippen LogP contribution in [0.1, 0.15) is 33.1 Å². The molecule has 0 aromatic heterocycles. The standard InChI is InChI=1S/C12H25N3O/c1-10(2)6-8-16-9-7-14-12(13-3)15-11-4-5-11/h10-11H,4-9H2,1-3H3,(H2,13,14,15). The molecule has 0 bridgehead atoms. The van der Waals surface area contributed by atoms with Crippen LogP contribution in [-0.4, -0.2) is 38.8 Å². The van der Waals surface area contributed by atoms with Crippen molar-refractivity contribution in [1.29, 1.82) is 0 Å². The highest BCUT2D eigenvalue weighted by Crippen LogP contribution is 2.18. The first-order valence-electron chi connectivity index (χ1n) is 6.27. The van der Waals surface area contributed by atoms with E-state index in [-0.39, 0.29) is 0 Å². The summed E-state index contributed by atoms with van der Waals surface area (Å²) in [5.74, 6) is 1.62. The van der Waals surface area contributed by atoms with Crippen LogP contribution in [0.4, 0.5) is 0 Å². The van der Waals surface area contributed by atoms with Crippen LogP contribution >= 0.6 is 0 Å². The van der Waals surface area contributed by atoms with Crippen LogP contribution in [0, 0.1) is 5.92 Å². The third kappa shape index (κ3) is 6.67. The molecule has 1 aliphatic rings. The van der Waals surface area contributed by atoms with Gasteiger partial charge in [0.25, 0.3) is 0 Å². The van der Waals surface area contributed by atoms with Gasteiger partial charge in [0.15, 0.2) is 5.96 Å². The van der Waals surface area contributed by atoms with Gasteiger partial charge in [-0.2, -0.15) is 0 Å². The molecular weight excluding hydrogens is 202 g/mol. The minimum absolute atomic E-state index is 0.646. The zero-order chi connectivity index (χ0) is 11.8. The number of nitrogens with one attached hydrogen (secondary N) is 2. The van der Waals surface area contributed by atoms with Gasteiger partial charge in [-0.15, -0.1) is 0 Å². The van der Waals surface area contributed by atoms with Gasteiger partial charge in [0, 0.05) is 26.2 Å². The molecule has 0 saturated heterocycles. The Labute approximate surface area is 98.9 Å². The average Bonchev–Trinajstić information content (AvgIpc) is 3.04. The summed E-state index contributed by atoms with van der Waals surface area (Å²) < 4.78 is 5.51. The molecule has 0 radical (unpaired) electrons. The van der Waals surface area contributed by atoms with E-state index in [4.69, 9.17) is 4.74 Å². The lowest BCUT2D eigenvalue weighted by Crippen LogP contribution is -2.40. The lowest BCUT2D eigenvalue weighted by Gasteiger charge is -2.11. The lowest BCUT2D eigenvalue weighted by molar-refractivity contribution is 0.128. The molecule has 0 heterocycles. The molecule has 0 aliphatic heterocycles. The summed E-state index contributed by atoms with van der Waals surface area (Å²) in [6, 6.07) is 0.646. The minimum Gasteiger partial charge on any atom is -0.380 e. The monoisotopic (exact) mass is 227 g/mol. The number of rotatable bonds is 7. The maximum atomic E-state index is 5.51. The van der Waals surface area contributed by atoms with Gasteiger partial charge >= 0.3 is 0 Å².